The van der Waals surface area contributed by atoms with Gasteiger partial charge in [-0.2, -0.15) is 0 Å². The highest BCUT2D eigenvalue weighted by Gasteiger charge is 2.47. The van der Waals surface area contributed by atoms with Crippen LogP contribution in [-0.4, -0.2) is 25.6 Å². The van der Waals surface area contributed by atoms with Crippen molar-refractivity contribution in [3.8, 4) is 0 Å². The van der Waals surface area contributed by atoms with Crippen molar-refractivity contribution in [2.75, 3.05) is 13.2 Å². The summed E-state index contributed by atoms with van der Waals surface area (Å²) in [5.41, 5.74) is 0. The third-order valence-electron chi connectivity index (χ3n) is 4.97. The van der Waals surface area contributed by atoms with Crippen LogP contribution in [0, 0.1) is 23.7 Å². The maximum Gasteiger partial charge on any atom is 0.522 e. The first kappa shape index (κ1) is 12.7. The zero-order valence-electron chi connectivity index (χ0n) is 10.4. The number of halogens is 3. The summed E-state index contributed by atoms with van der Waals surface area (Å²) in [6.07, 6.45) is 2.04. The molecule has 2 nitrogen and oxygen atoms in total. The van der Waals surface area contributed by atoms with E-state index in [1.807, 2.05) is 0 Å². The smallest absolute Gasteiger partial charge is 0.311 e. The Balaban J connectivity index is 1.46. The molecule has 0 saturated heterocycles. The van der Waals surface area contributed by atoms with Gasteiger partial charge in [0.2, 0.25) is 0 Å². The number of alkyl halides is 3. The Morgan fingerprint density at radius 1 is 0.944 bits per heavy atom. The monoisotopic (exact) mass is 263 g/mol. The van der Waals surface area contributed by atoms with Gasteiger partial charge in [-0.25, -0.2) is 0 Å². The van der Waals surface area contributed by atoms with Crippen molar-refractivity contribution in [3.05, 3.63) is 0 Å². The summed E-state index contributed by atoms with van der Waals surface area (Å²) in [5, 5.41) is 3.31. The maximum atomic E-state index is 11.9. The summed E-state index contributed by atoms with van der Waals surface area (Å²) in [5.74, 6) is 3.20. The predicted molar refractivity (Wildman–Crippen MR) is 60.8 cm³/mol. The Labute approximate surface area is 105 Å². The van der Waals surface area contributed by atoms with Crippen molar-refractivity contribution < 1.29 is 17.9 Å². The van der Waals surface area contributed by atoms with E-state index >= 15 is 0 Å². The molecule has 1 N–H and O–H groups in total. The molecular formula is C13H20F3NO. The van der Waals surface area contributed by atoms with E-state index in [9.17, 15) is 13.2 Å². The van der Waals surface area contributed by atoms with Crippen LogP contribution in [0.25, 0.3) is 0 Å². The minimum Gasteiger partial charge on any atom is -0.311 e. The molecule has 4 fully saturated rings. The van der Waals surface area contributed by atoms with E-state index in [-0.39, 0.29) is 6.61 Å². The van der Waals surface area contributed by atoms with Crippen LogP contribution in [-0.2, 0) is 4.74 Å². The highest BCUT2D eigenvalue weighted by Crippen LogP contribution is 2.53. The molecule has 0 aromatic rings. The second-order valence-electron chi connectivity index (χ2n) is 6.20. The normalized spacial score (nSPS) is 42.5. The third kappa shape index (κ3) is 2.67. The van der Waals surface area contributed by atoms with Gasteiger partial charge in [0, 0.05) is 12.6 Å². The summed E-state index contributed by atoms with van der Waals surface area (Å²) in [4.78, 5) is 0. The molecule has 4 bridgehead atoms. The fourth-order valence-electron chi connectivity index (χ4n) is 4.65. The van der Waals surface area contributed by atoms with Gasteiger partial charge in [0.25, 0.3) is 0 Å². The minimum atomic E-state index is -4.49. The molecule has 0 amide bonds. The van der Waals surface area contributed by atoms with Crippen LogP contribution in [0.3, 0.4) is 0 Å². The largest absolute Gasteiger partial charge is 0.522 e. The Bertz CT molecular complexity index is 277. The fraction of sp³-hybridized carbons (Fsp3) is 1.00. The van der Waals surface area contributed by atoms with Crippen molar-refractivity contribution in [3.63, 3.8) is 0 Å². The van der Waals surface area contributed by atoms with Crippen LogP contribution in [0.15, 0.2) is 0 Å². The molecule has 18 heavy (non-hydrogen) atoms. The van der Waals surface area contributed by atoms with Gasteiger partial charge in [-0.05, 0) is 55.8 Å². The zero-order chi connectivity index (χ0) is 12.8. The van der Waals surface area contributed by atoms with Crippen LogP contribution in [0.5, 0.6) is 0 Å². The highest BCUT2D eigenvalue weighted by atomic mass is 19.4. The first-order valence-electron chi connectivity index (χ1n) is 6.95. The van der Waals surface area contributed by atoms with Gasteiger partial charge in [-0.1, -0.05) is 0 Å². The van der Waals surface area contributed by atoms with E-state index in [0.717, 1.165) is 11.8 Å². The standard InChI is InChI=1S/C13H20F3NO/c14-13(15,16)18-2-1-17-12-10-4-8-3-9(6-10)7-11(12)5-8/h8-12,17H,1-7H2. The summed E-state index contributed by atoms with van der Waals surface area (Å²) in [6, 6.07) is 0.439. The summed E-state index contributed by atoms with van der Waals surface area (Å²) in [7, 11) is 0. The number of nitrogens with one attached hydrogen (secondary N) is 1. The molecule has 0 radical (unpaired) electrons. The number of ether oxygens (including phenoxy) is 1. The average molecular weight is 263 g/mol. The lowest BCUT2D eigenvalue weighted by Gasteiger charge is -2.54. The first-order chi connectivity index (χ1) is 8.51. The van der Waals surface area contributed by atoms with Crippen molar-refractivity contribution >= 4 is 0 Å². The Morgan fingerprint density at radius 2 is 1.50 bits per heavy atom. The van der Waals surface area contributed by atoms with Crippen molar-refractivity contribution in [2.45, 2.75) is 44.5 Å². The predicted octanol–water partition coefficient (Wildman–Crippen LogP) is 2.94. The molecule has 0 unspecified atom stereocenters. The van der Waals surface area contributed by atoms with Crippen molar-refractivity contribution in [1.82, 2.24) is 5.32 Å². The van der Waals surface area contributed by atoms with E-state index < -0.39 is 6.36 Å². The molecule has 0 aromatic heterocycles. The molecule has 104 valence electrons. The SMILES string of the molecule is FC(F)(F)OCCNC1C2CC3CC(C2)CC1C3. The number of rotatable bonds is 4. The topological polar surface area (TPSA) is 21.3 Å². The van der Waals surface area contributed by atoms with Gasteiger partial charge >= 0.3 is 6.36 Å². The summed E-state index contributed by atoms with van der Waals surface area (Å²) >= 11 is 0. The van der Waals surface area contributed by atoms with Gasteiger partial charge in [0.05, 0.1) is 6.61 Å². The lowest BCUT2D eigenvalue weighted by atomic mass is 9.54. The second kappa shape index (κ2) is 4.67. The lowest BCUT2D eigenvalue weighted by Crippen LogP contribution is -2.55. The zero-order valence-corrected chi connectivity index (χ0v) is 10.4. The maximum absolute atomic E-state index is 11.9. The van der Waals surface area contributed by atoms with Gasteiger partial charge in [0.1, 0.15) is 0 Å². The van der Waals surface area contributed by atoms with Gasteiger partial charge in [-0.3, -0.25) is 4.74 Å². The molecule has 0 atom stereocenters. The molecular weight excluding hydrogens is 243 g/mol. The Kier molecular flexibility index (Phi) is 3.30. The second-order valence-corrected chi connectivity index (χ2v) is 6.20. The molecule has 0 aliphatic heterocycles. The molecule has 4 saturated carbocycles. The van der Waals surface area contributed by atoms with Crippen LogP contribution in [0.1, 0.15) is 32.1 Å². The molecule has 4 aliphatic rings. The fourth-order valence-corrected chi connectivity index (χ4v) is 4.65. The van der Waals surface area contributed by atoms with E-state index in [2.05, 4.69) is 10.1 Å². The van der Waals surface area contributed by atoms with Crippen molar-refractivity contribution in [2.24, 2.45) is 23.7 Å². The average Bonchev–Trinajstić information content (AvgIpc) is 2.24. The van der Waals surface area contributed by atoms with Crippen LogP contribution in [0.2, 0.25) is 0 Å². The molecule has 4 rings (SSSR count). The first-order valence-corrected chi connectivity index (χ1v) is 6.95. The van der Waals surface area contributed by atoms with Crippen molar-refractivity contribution in [1.29, 1.82) is 0 Å². The molecule has 4 aliphatic carbocycles. The minimum absolute atomic E-state index is 0.272. The quantitative estimate of drug-likeness (QED) is 0.787. The summed E-state index contributed by atoms with van der Waals surface area (Å²) in [6.45, 7) is 0.0405. The van der Waals surface area contributed by atoms with Gasteiger partial charge in [-0.15, -0.1) is 13.2 Å². The highest BCUT2D eigenvalue weighted by molar-refractivity contribution is 5.01. The van der Waals surface area contributed by atoms with E-state index in [1.54, 1.807) is 0 Å². The van der Waals surface area contributed by atoms with Gasteiger partial charge < -0.3 is 5.32 Å². The van der Waals surface area contributed by atoms with Crippen LogP contribution >= 0.6 is 0 Å². The summed E-state index contributed by atoms with van der Waals surface area (Å²) < 4.78 is 39.4. The number of hydrogen-bond acceptors (Lipinski definition) is 2. The molecule has 5 heteroatoms. The van der Waals surface area contributed by atoms with E-state index in [4.69, 9.17) is 0 Å². The van der Waals surface area contributed by atoms with Crippen LogP contribution in [0.4, 0.5) is 13.2 Å². The Hall–Kier alpha value is -0.290. The van der Waals surface area contributed by atoms with E-state index in [1.165, 1.54) is 32.1 Å². The lowest BCUT2D eigenvalue weighted by molar-refractivity contribution is -0.323. The third-order valence-corrected chi connectivity index (χ3v) is 4.97. The number of hydrogen-bond donors (Lipinski definition) is 1. The Morgan fingerprint density at radius 3 is 2.00 bits per heavy atom. The molecule has 0 aromatic carbocycles. The van der Waals surface area contributed by atoms with Crippen LogP contribution < -0.4 is 5.32 Å². The molecule has 0 heterocycles. The molecule has 0 spiro atoms. The van der Waals surface area contributed by atoms with E-state index in [0.29, 0.717) is 24.4 Å². The van der Waals surface area contributed by atoms with Gasteiger partial charge in [0.15, 0.2) is 0 Å².